The molecule has 7 heteroatoms. The number of rotatable bonds is 4. The van der Waals surface area contributed by atoms with Crippen molar-refractivity contribution in [1.29, 1.82) is 0 Å². The second-order valence-corrected chi connectivity index (χ2v) is 3.10. The molecule has 0 aromatic carbocycles. The highest BCUT2D eigenvalue weighted by Gasteiger charge is 2.01. The van der Waals surface area contributed by atoms with Crippen molar-refractivity contribution in [3.63, 3.8) is 0 Å². The number of anilines is 1. The van der Waals surface area contributed by atoms with Gasteiger partial charge in [-0.3, -0.25) is 0 Å². The molecule has 0 bridgehead atoms. The molecule has 0 radical (unpaired) electrons. The van der Waals surface area contributed by atoms with E-state index in [2.05, 4.69) is 20.5 Å². The zero-order valence-electron chi connectivity index (χ0n) is 8.10. The zero-order valence-corrected chi connectivity index (χ0v) is 8.10. The Hall–Kier alpha value is -1.89. The van der Waals surface area contributed by atoms with Gasteiger partial charge in [0.05, 0.1) is 0 Å². The Labute approximate surface area is 85.3 Å². The molecular formula is C8H12N6O. The van der Waals surface area contributed by atoms with E-state index in [0.29, 0.717) is 18.0 Å². The molecule has 0 aliphatic heterocycles. The minimum atomic E-state index is -0.286. The summed E-state index contributed by atoms with van der Waals surface area (Å²) < 4.78 is 1.34. The van der Waals surface area contributed by atoms with E-state index in [1.807, 2.05) is 0 Å². The molecule has 2 aromatic heterocycles. The van der Waals surface area contributed by atoms with Gasteiger partial charge < -0.3 is 11.1 Å². The maximum absolute atomic E-state index is 11.1. The molecule has 2 rings (SSSR count). The molecule has 0 amide bonds. The predicted molar refractivity (Wildman–Crippen MR) is 55.8 cm³/mol. The number of fused-ring (bicyclic) bond motifs is 1. The van der Waals surface area contributed by atoms with Crippen LogP contribution in [0.3, 0.4) is 0 Å². The number of aromatic nitrogens is 4. The zero-order chi connectivity index (χ0) is 10.7. The van der Waals surface area contributed by atoms with E-state index in [1.165, 1.54) is 10.7 Å². The third kappa shape index (κ3) is 1.96. The number of hydrogen-bond acceptors (Lipinski definition) is 5. The molecule has 0 unspecified atom stereocenters. The lowest BCUT2D eigenvalue weighted by Gasteiger charge is -2.03. The van der Waals surface area contributed by atoms with E-state index in [-0.39, 0.29) is 5.69 Å². The van der Waals surface area contributed by atoms with Gasteiger partial charge in [0.1, 0.15) is 12.1 Å². The smallest absolute Gasteiger partial charge is 0.348 e. The van der Waals surface area contributed by atoms with Crippen molar-refractivity contribution in [3.05, 3.63) is 22.9 Å². The molecule has 0 fully saturated rings. The first-order valence-corrected chi connectivity index (χ1v) is 4.68. The first-order chi connectivity index (χ1) is 7.31. The van der Waals surface area contributed by atoms with Crippen molar-refractivity contribution in [3.8, 4) is 0 Å². The van der Waals surface area contributed by atoms with Gasteiger partial charge in [0, 0.05) is 12.6 Å². The second kappa shape index (κ2) is 4.09. The summed E-state index contributed by atoms with van der Waals surface area (Å²) in [6.07, 6.45) is 2.31. The Morgan fingerprint density at radius 3 is 3.27 bits per heavy atom. The Bertz CT molecular complexity index is 501. The van der Waals surface area contributed by atoms with Crippen molar-refractivity contribution in [2.24, 2.45) is 5.73 Å². The minimum absolute atomic E-state index is 0.286. The Morgan fingerprint density at radius 2 is 2.47 bits per heavy atom. The van der Waals surface area contributed by atoms with Gasteiger partial charge in [0.15, 0.2) is 5.65 Å². The molecule has 0 aliphatic carbocycles. The monoisotopic (exact) mass is 208 g/mol. The third-order valence-electron chi connectivity index (χ3n) is 2.00. The topological polar surface area (TPSA) is 101 Å². The summed E-state index contributed by atoms with van der Waals surface area (Å²) in [5, 5.41) is 9.26. The largest absolute Gasteiger partial charge is 0.370 e. The molecule has 4 N–H and O–H groups in total. The van der Waals surface area contributed by atoms with Gasteiger partial charge in [-0.05, 0) is 13.0 Å². The molecular weight excluding hydrogens is 196 g/mol. The van der Waals surface area contributed by atoms with Crippen LogP contribution in [0.1, 0.15) is 6.42 Å². The fourth-order valence-electron chi connectivity index (χ4n) is 1.22. The van der Waals surface area contributed by atoms with Crippen LogP contribution in [0.5, 0.6) is 0 Å². The molecule has 80 valence electrons. The molecule has 0 saturated carbocycles. The number of nitrogens with one attached hydrogen (secondary N) is 2. The average molecular weight is 208 g/mol. The van der Waals surface area contributed by atoms with Crippen molar-refractivity contribution in [1.82, 2.24) is 19.6 Å². The fraction of sp³-hybridized carbons (Fsp3) is 0.375. The number of aromatic amines is 1. The first kappa shape index (κ1) is 9.66. The van der Waals surface area contributed by atoms with E-state index < -0.39 is 0 Å². The summed E-state index contributed by atoms with van der Waals surface area (Å²) in [5.41, 5.74) is 5.62. The minimum Gasteiger partial charge on any atom is -0.370 e. The average Bonchev–Trinajstić information content (AvgIpc) is 2.61. The highest BCUT2D eigenvalue weighted by atomic mass is 16.1. The molecule has 2 aromatic rings. The number of nitrogens with zero attached hydrogens (tertiary/aromatic N) is 3. The van der Waals surface area contributed by atoms with Gasteiger partial charge in [0.25, 0.3) is 0 Å². The lowest BCUT2D eigenvalue weighted by Crippen LogP contribution is -2.12. The number of H-pyrrole nitrogens is 1. The van der Waals surface area contributed by atoms with E-state index in [4.69, 9.17) is 5.73 Å². The summed E-state index contributed by atoms with van der Waals surface area (Å²) in [5.74, 6) is 0.690. The molecule has 15 heavy (non-hydrogen) atoms. The number of hydrogen-bond donors (Lipinski definition) is 3. The molecule has 0 spiro atoms. The van der Waals surface area contributed by atoms with E-state index in [0.717, 1.165) is 13.0 Å². The van der Waals surface area contributed by atoms with Gasteiger partial charge in [0.2, 0.25) is 0 Å². The molecule has 2 heterocycles. The van der Waals surface area contributed by atoms with Crippen LogP contribution in [-0.2, 0) is 0 Å². The molecule has 0 atom stereocenters. The molecule has 0 saturated heterocycles. The maximum atomic E-state index is 11.1. The van der Waals surface area contributed by atoms with Crippen LogP contribution < -0.4 is 16.7 Å². The highest BCUT2D eigenvalue weighted by molar-refractivity contribution is 5.48. The van der Waals surface area contributed by atoms with Gasteiger partial charge in [-0.1, -0.05) is 0 Å². The third-order valence-corrected chi connectivity index (χ3v) is 2.00. The SMILES string of the molecule is NCCCNc1cc2n[nH]c(=O)n2cn1. The first-order valence-electron chi connectivity index (χ1n) is 4.68. The van der Waals surface area contributed by atoms with Crippen molar-refractivity contribution < 1.29 is 0 Å². The van der Waals surface area contributed by atoms with Crippen LogP contribution in [0.2, 0.25) is 0 Å². The second-order valence-electron chi connectivity index (χ2n) is 3.10. The number of nitrogens with two attached hydrogens (primary N) is 1. The van der Waals surface area contributed by atoms with Gasteiger partial charge in [-0.2, -0.15) is 5.10 Å². The lowest BCUT2D eigenvalue weighted by molar-refractivity contribution is 0.868. The van der Waals surface area contributed by atoms with Crippen LogP contribution in [-0.4, -0.2) is 32.7 Å². The Balaban J connectivity index is 2.20. The van der Waals surface area contributed by atoms with Crippen molar-refractivity contribution in [2.45, 2.75) is 6.42 Å². The summed E-state index contributed by atoms with van der Waals surface area (Å²) in [6.45, 7) is 1.39. The van der Waals surface area contributed by atoms with Crippen molar-refractivity contribution >= 4 is 11.5 Å². The van der Waals surface area contributed by atoms with Gasteiger partial charge in [-0.15, -0.1) is 0 Å². The van der Waals surface area contributed by atoms with Crippen molar-refractivity contribution in [2.75, 3.05) is 18.4 Å². The summed E-state index contributed by atoms with van der Waals surface area (Å²) in [7, 11) is 0. The van der Waals surface area contributed by atoms with E-state index in [1.54, 1.807) is 6.07 Å². The van der Waals surface area contributed by atoms with E-state index in [9.17, 15) is 4.79 Å². The lowest BCUT2D eigenvalue weighted by atomic mass is 10.4. The predicted octanol–water partition coefficient (Wildman–Crippen LogP) is -0.822. The normalized spacial score (nSPS) is 10.7. The molecule has 7 nitrogen and oxygen atoms in total. The quantitative estimate of drug-likeness (QED) is 0.570. The summed E-state index contributed by atoms with van der Waals surface area (Å²) in [6, 6.07) is 1.70. The van der Waals surface area contributed by atoms with E-state index >= 15 is 0 Å². The van der Waals surface area contributed by atoms with Crippen LogP contribution in [0.25, 0.3) is 5.65 Å². The van der Waals surface area contributed by atoms with Crippen LogP contribution in [0.4, 0.5) is 5.82 Å². The van der Waals surface area contributed by atoms with Gasteiger partial charge >= 0.3 is 5.69 Å². The van der Waals surface area contributed by atoms with Gasteiger partial charge in [-0.25, -0.2) is 19.3 Å². The summed E-state index contributed by atoms with van der Waals surface area (Å²) >= 11 is 0. The molecule has 0 aliphatic rings. The standard InChI is InChI=1S/C8H12N6O/c9-2-1-3-10-6-4-7-12-13-8(15)14(7)5-11-6/h4-5,10H,1-3,9H2,(H,13,15). The summed E-state index contributed by atoms with van der Waals surface area (Å²) in [4.78, 5) is 15.2. The van der Waals surface area contributed by atoms with Crippen LogP contribution in [0, 0.1) is 0 Å². The highest BCUT2D eigenvalue weighted by Crippen LogP contribution is 2.03. The van der Waals surface area contributed by atoms with Crippen LogP contribution in [0.15, 0.2) is 17.2 Å². The fourth-order valence-corrected chi connectivity index (χ4v) is 1.22. The Kier molecular flexibility index (Phi) is 2.64. The van der Waals surface area contributed by atoms with Crippen LogP contribution >= 0.6 is 0 Å². The maximum Gasteiger partial charge on any atom is 0.348 e. The Morgan fingerprint density at radius 1 is 1.60 bits per heavy atom.